The predicted molar refractivity (Wildman–Crippen MR) is 40.9 cm³/mol. The van der Waals surface area contributed by atoms with Gasteiger partial charge in [-0.05, 0) is 28.9 Å². The molecule has 1 nitrogen and oxygen atoms in total. The molecule has 0 aliphatic rings. The van der Waals surface area contributed by atoms with Gasteiger partial charge in [0.2, 0.25) is 0 Å². The summed E-state index contributed by atoms with van der Waals surface area (Å²) in [5, 5.41) is 2.85. The zero-order valence-electron chi connectivity index (χ0n) is 5.86. The largest absolute Gasteiger partial charge is 1.00 e. The first-order chi connectivity index (χ1) is 4.22. The van der Waals surface area contributed by atoms with Crippen LogP contribution in [0.25, 0.3) is 0 Å². The Morgan fingerprint density at radius 1 is 1.73 bits per heavy atom. The first-order valence-electron chi connectivity index (χ1n) is 2.38. The molecule has 0 N–H and O–H groups in total. The van der Waals surface area contributed by atoms with E-state index in [0.29, 0.717) is 0 Å². The Balaban J connectivity index is 0. The maximum atomic E-state index is 10.7. The van der Waals surface area contributed by atoms with Crippen LogP contribution in [0.15, 0.2) is 9.85 Å². The van der Waals surface area contributed by atoms with E-state index in [1.807, 2.05) is 0 Å². The quantitative estimate of drug-likeness (QED) is 0.494. The number of Topliss-reactive ketones (excluding diaryl/α,β-unsaturated/α-hetero) is 1. The molecule has 1 rings (SSSR count). The third-order valence-electron chi connectivity index (χ3n) is 0.943. The molecule has 0 aliphatic heterocycles. The molecule has 0 bridgehead atoms. The topological polar surface area (TPSA) is 17.1 Å². The second-order valence-corrected chi connectivity index (χ2v) is 3.77. The summed E-state index contributed by atoms with van der Waals surface area (Å²) in [6.45, 7) is 1.54. The molecule has 0 spiro atoms. The van der Waals surface area contributed by atoms with E-state index in [2.05, 4.69) is 21.3 Å². The molecule has 1 aromatic rings. The van der Waals surface area contributed by atoms with Gasteiger partial charge in [-0.2, -0.15) is 0 Å². The minimum absolute atomic E-state index is 0. The van der Waals surface area contributed by atoms with E-state index < -0.39 is 0 Å². The smallest absolute Gasteiger partial charge is 0.161 e. The van der Waals surface area contributed by atoms with Crippen LogP contribution in [0.3, 0.4) is 0 Å². The second kappa shape index (κ2) is 6.47. The number of hydrogen-bond donors (Lipinski definition) is 0. The molecule has 1 heterocycles. The summed E-state index contributed by atoms with van der Waals surface area (Å²) in [7, 11) is 0. The fraction of sp³-hybridized carbons (Fsp3) is 0.167. The molecule has 5 heteroatoms. The molecule has 0 aliphatic carbocycles. The summed E-state index contributed by atoms with van der Waals surface area (Å²) in [6.07, 6.45) is 0. The number of rotatable bonds is 1. The van der Waals surface area contributed by atoms with Crippen molar-refractivity contribution in [2.24, 2.45) is 0 Å². The molecule has 11 heavy (non-hydrogen) atoms. The Morgan fingerprint density at radius 2 is 2.27 bits per heavy atom. The van der Waals surface area contributed by atoms with E-state index in [-0.39, 0.29) is 42.2 Å². The van der Waals surface area contributed by atoms with Crippen LogP contribution in [0, 0.1) is 5.38 Å². The van der Waals surface area contributed by atoms with Crippen molar-refractivity contribution in [3.05, 3.63) is 20.8 Å². The van der Waals surface area contributed by atoms with E-state index in [9.17, 15) is 4.79 Å². The molecule has 0 amide bonds. The van der Waals surface area contributed by atoms with Gasteiger partial charge in [-0.1, -0.05) is 0 Å². The number of thiophene rings is 1. The zero-order chi connectivity index (χ0) is 6.85. The molecular formula is C6H4Br2OSZn-. The van der Waals surface area contributed by atoms with Gasteiger partial charge in [-0.15, -0.1) is 11.3 Å². The molecule has 1 aromatic heterocycles. The van der Waals surface area contributed by atoms with Gasteiger partial charge in [0.05, 0.1) is 3.79 Å². The fourth-order valence-electron chi connectivity index (χ4n) is 0.492. The molecular weight excluding hydrogens is 345 g/mol. The van der Waals surface area contributed by atoms with Gasteiger partial charge in [-0.25, -0.2) is 0 Å². The maximum absolute atomic E-state index is 10.7. The first kappa shape index (κ1) is 14.5. The Morgan fingerprint density at radius 3 is 2.45 bits per heavy atom. The standard InChI is InChI=1S/C6H4BrOS.BrH.Zn/c1-4(8)5-2-3-9-6(5)7;;/h2H,1H3;1H;/p-1. The van der Waals surface area contributed by atoms with Gasteiger partial charge in [0.15, 0.2) is 5.78 Å². The van der Waals surface area contributed by atoms with Crippen LogP contribution in [-0.2, 0) is 19.5 Å². The number of carbonyl (C=O) groups excluding carboxylic acids is 1. The zero-order valence-corrected chi connectivity index (χ0v) is 12.8. The molecule has 0 unspecified atom stereocenters. The second-order valence-electron chi connectivity index (χ2n) is 1.61. The van der Waals surface area contributed by atoms with Crippen LogP contribution >= 0.6 is 27.3 Å². The van der Waals surface area contributed by atoms with Crippen molar-refractivity contribution in [2.75, 3.05) is 0 Å². The number of hydrogen-bond acceptors (Lipinski definition) is 2. The summed E-state index contributed by atoms with van der Waals surface area (Å²) >= 11 is 4.64. The van der Waals surface area contributed by atoms with Crippen molar-refractivity contribution in [1.82, 2.24) is 0 Å². The van der Waals surface area contributed by atoms with E-state index in [1.54, 1.807) is 13.0 Å². The number of carbonyl (C=O) groups is 1. The molecule has 0 atom stereocenters. The molecule has 0 saturated carbocycles. The van der Waals surface area contributed by atoms with Crippen molar-refractivity contribution in [3.63, 3.8) is 0 Å². The van der Waals surface area contributed by atoms with E-state index >= 15 is 0 Å². The Kier molecular flexibility index (Phi) is 8.51. The van der Waals surface area contributed by atoms with E-state index in [4.69, 9.17) is 0 Å². The van der Waals surface area contributed by atoms with Crippen molar-refractivity contribution in [2.45, 2.75) is 6.92 Å². The van der Waals surface area contributed by atoms with Gasteiger partial charge in [-0.3, -0.25) is 4.79 Å². The summed E-state index contributed by atoms with van der Waals surface area (Å²) < 4.78 is 0.870. The van der Waals surface area contributed by atoms with Crippen molar-refractivity contribution in [1.29, 1.82) is 0 Å². The minimum atomic E-state index is 0. The third-order valence-corrected chi connectivity index (χ3v) is 2.49. The summed E-state index contributed by atoms with van der Waals surface area (Å²) in [4.78, 5) is 10.7. The molecule has 1 radical (unpaired) electrons. The van der Waals surface area contributed by atoms with Crippen LogP contribution in [0.4, 0.5) is 0 Å². The average Bonchev–Trinajstić information content (AvgIpc) is 2.13. The maximum Gasteiger partial charge on any atom is 0.161 e. The third kappa shape index (κ3) is 3.93. The van der Waals surface area contributed by atoms with Gasteiger partial charge in [0.1, 0.15) is 0 Å². The predicted octanol–water partition coefficient (Wildman–Crippen LogP) is -0.485. The van der Waals surface area contributed by atoms with Gasteiger partial charge < -0.3 is 17.0 Å². The molecule has 57 valence electrons. The Bertz CT molecular complexity index is 236. The first-order valence-corrected chi connectivity index (χ1v) is 3.99. The summed E-state index contributed by atoms with van der Waals surface area (Å²) in [6, 6.07) is 1.69. The fourth-order valence-corrected chi connectivity index (χ4v) is 1.76. The number of halogens is 2. The molecule has 0 fully saturated rings. The van der Waals surface area contributed by atoms with Crippen molar-refractivity contribution in [3.8, 4) is 0 Å². The summed E-state index contributed by atoms with van der Waals surface area (Å²) in [5.74, 6) is 0.0828. The number of ketones is 1. The van der Waals surface area contributed by atoms with Crippen molar-refractivity contribution < 1.29 is 41.3 Å². The summed E-state index contributed by atoms with van der Waals surface area (Å²) in [5.41, 5.74) is 0.722. The van der Waals surface area contributed by atoms with Gasteiger partial charge in [0, 0.05) is 30.4 Å². The SMILES string of the molecule is CC(=O)c1c[c]sc1Br.[Br-].[Zn]. The van der Waals surface area contributed by atoms with Crippen molar-refractivity contribution >= 4 is 33.0 Å². The van der Waals surface area contributed by atoms with Gasteiger partial charge in [0.25, 0.3) is 0 Å². The van der Waals surface area contributed by atoms with Crippen LogP contribution in [0.2, 0.25) is 0 Å². The van der Waals surface area contributed by atoms with Crippen LogP contribution in [0.1, 0.15) is 17.3 Å². The minimum Gasteiger partial charge on any atom is -1.00 e. The van der Waals surface area contributed by atoms with Crippen LogP contribution in [0.5, 0.6) is 0 Å². The average molecular weight is 349 g/mol. The van der Waals surface area contributed by atoms with Crippen LogP contribution < -0.4 is 17.0 Å². The Labute approximate surface area is 101 Å². The van der Waals surface area contributed by atoms with E-state index in [0.717, 1.165) is 9.35 Å². The normalized spacial score (nSPS) is 7.82. The van der Waals surface area contributed by atoms with Crippen LogP contribution in [-0.4, -0.2) is 5.78 Å². The Hall–Kier alpha value is 0.953. The molecule has 0 saturated heterocycles. The van der Waals surface area contributed by atoms with Gasteiger partial charge >= 0.3 is 0 Å². The molecule has 0 aromatic carbocycles. The van der Waals surface area contributed by atoms with E-state index in [1.165, 1.54) is 11.3 Å². The monoisotopic (exact) mass is 346 g/mol.